The second-order valence-electron chi connectivity index (χ2n) is 11.0. The van der Waals surface area contributed by atoms with Crippen LogP contribution in [0.1, 0.15) is 75.7 Å². The molecule has 0 bridgehead atoms. The second kappa shape index (κ2) is 6.66. The van der Waals surface area contributed by atoms with Crippen molar-refractivity contribution >= 4 is 11.9 Å². The Bertz CT molecular complexity index is 970. The van der Waals surface area contributed by atoms with Gasteiger partial charge in [0.1, 0.15) is 0 Å². The van der Waals surface area contributed by atoms with Crippen LogP contribution in [-0.4, -0.2) is 26.8 Å². The Kier molecular flexibility index (Phi) is 4.49. The Balaban J connectivity index is 1.50. The van der Waals surface area contributed by atoms with Gasteiger partial charge in [-0.3, -0.25) is 9.48 Å². The fourth-order valence-corrected chi connectivity index (χ4v) is 7.61. The van der Waals surface area contributed by atoms with E-state index in [9.17, 15) is 9.90 Å². The molecule has 0 spiro atoms. The number of aryl methyl sites for hydroxylation is 2. The molecule has 3 fully saturated rings. The third-order valence-electron chi connectivity index (χ3n) is 9.60. The number of allylic oxidation sites excluding steroid dienone is 2. The molecule has 0 aliphatic heterocycles. The summed E-state index contributed by atoms with van der Waals surface area (Å²) in [5.74, 6) is 2.05. The van der Waals surface area contributed by atoms with E-state index in [1.165, 1.54) is 5.57 Å². The van der Waals surface area contributed by atoms with Gasteiger partial charge in [0.25, 0.3) is 0 Å². The molecule has 1 heterocycles. The van der Waals surface area contributed by atoms with Crippen LogP contribution in [0.25, 0.3) is 6.08 Å². The van der Waals surface area contributed by atoms with Crippen molar-refractivity contribution in [3.63, 3.8) is 0 Å². The van der Waals surface area contributed by atoms with E-state index < -0.39 is 0 Å². The van der Waals surface area contributed by atoms with Crippen LogP contribution in [0.3, 0.4) is 0 Å². The Hall–Kier alpha value is -1.68. The summed E-state index contributed by atoms with van der Waals surface area (Å²) in [7, 11) is 1.97. The zero-order valence-electron chi connectivity index (χ0n) is 19.2. The summed E-state index contributed by atoms with van der Waals surface area (Å²) in [6.45, 7) is 8.81. The number of aromatic nitrogens is 2. The molecule has 6 atom stereocenters. The van der Waals surface area contributed by atoms with Crippen molar-refractivity contribution in [2.24, 2.45) is 35.6 Å². The number of nitrogens with zero attached hydrogens (tertiary/aromatic N) is 2. The first kappa shape index (κ1) is 20.2. The van der Waals surface area contributed by atoms with Crippen molar-refractivity contribution in [1.29, 1.82) is 0 Å². The predicted molar refractivity (Wildman–Crippen MR) is 119 cm³/mol. The van der Waals surface area contributed by atoms with Crippen LogP contribution in [0.2, 0.25) is 0 Å². The number of ketones is 1. The zero-order valence-corrected chi connectivity index (χ0v) is 19.2. The molecule has 1 aromatic rings. The van der Waals surface area contributed by atoms with Gasteiger partial charge in [0.2, 0.25) is 0 Å². The van der Waals surface area contributed by atoms with E-state index in [1.807, 2.05) is 18.7 Å². The number of rotatable bonds is 1. The molecule has 3 saturated carbocycles. The summed E-state index contributed by atoms with van der Waals surface area (Å²) in [5, 5.41) is 14.8. The van der Waals surface area contributed by atoms with Gasteiger partial charge in [0, 0.05) is 23.7 Å². The Morgan fingerprint density at radius 2 is 1.87 bits per heavy atom. The quantitative estimate of drug-likeness (QED) is 0.530. The molecule has 0 amide bonds. The normalized spacial score (nSPS) is 42.0. The number of carbonyl (C=O) groups excluding carboxylic acids is 1. The summed E-state index contributed by atoms with van der Waals surface area (Å²) < 4.78 is 1.91. The maximum atomic E-state index is 13.6. The number of hydrogen-bond acceptors (Lipinski definition) is 3. The van der Waals surface area contributed by atoms with Crippen molar-refractivity contribution in [2.75, 3.05) is 0 Å². The van der Waals surface area contributed by atoms with Gasteiger partial charge >= 0.3 is 0 Å². The molecular formula is C26H36N2O2. The maximum Gasteiger partial charge on any atom is 0.165 e. The summed E-state index contributed by atoms with van der Waals surface area (Å²) in [4.78, 5) is 13.6. The fraction of sp³-hybridized carbons (Fsp3) is 0.692. The zero-order chi connectivity index (χ0) is 21.4. The number of carbonyl (C=O) groups is 1. The minimum absolute atomic E-state index is 0.164. The van der Waals surface area contributed by atoms with E-state index in [1.54, 1.807) is 0 Å². The highest BCUT2D eigenvalue weighted by atomic mass is 16.3. The van der Waals surface area contributed by atoms with Crippen LogP contribution in [-0.2, 0) is 11.8 Å². The number of hydrogen-bond donors (Lipinski definition) is 1. The van der Waals surface area contributed by atoms with Gasteiger partial charge < -0.3 is 5.11 Å². The SMILES string of the molecule is Cc1nn(C)c(C)c1/C=C1\CC2C3CC=C4CC(O)CCC4(C)C3CCC2(C)C1=O. The topological polar surface area (TPSA) is 55.1 Å². The lowest BCUT2D eigenvalue weighted by Gasteiger charge is -2.56. The van der Waals surface area contributed by atoms with Crippen molar-refractivity contribution in [2.45, 2.75) is 78.7 Å². The highest BCUT2D eigenvalue weighted by molar-refractivity contribution is 6.06. The van der Waals surface area contributed by atoms with Gasteiger partial charge in [-0.05, 0) is 93.6 Å². The van der Waals surface area contributed by atoms with Crippen molar-refractivity contribution < 1.29 is 9.90 Å². The molecule has 0 aromatic carbocycles. The standard InChI is InChI=1S/C26H36N2O2/c1-15-21(16(2)28(5)27-15)12-17-13-23-20-7-6-18-14-19(29)8-10-25(18,3)22(20)9-11-26(23,4)24(17)30/h6,12,19-20,22-23,29H,7-11,13-14H2,1-5H3/b17-12+. The smallest absolute Gasteiger partial charge is 0.165 e. The molecule has 6 unspecified atom stereocenters. The molecule has 0 saturated heterocycles. The lowest BCUT2D eigenvalue weighted by molar-refractivity contribution is -0.130. The van der Waals surface area contributed by atoms with Gasteiger partial charge in [-0.1, -0.05) is 25.5 Å². The number of aliphatic hydroxyl groups excluding tert-OH is 1. The highest BCUT2D eigenvalue weighted by Crippen LogP contribution is 2.64. The van der Waals surface area contributed by atoms with Crippen LogP contribution >= 0.6 is 0 Å². The van der Waals surface area contributed by atoms with Gasteiger partial charge in [-0.2, -0.15) is 5.10 Å². The van der Waals surface area contributed by atoms with Gasteiger partial charge in [0.05, 0.1) is 11.8 Å². The van der Waals surface area contributed by atoms with Crippen LogP contribution in [0.5, 0.6) is 0 Å². The largest absolute Gasteiger partial charge is 0.393 e. The Morgan fingerprint density at radius 3 is 2.57 bits per heavy atom. The first-order valence-corrected chi connectivity index (χ1v) is 11.8. The van der Waals surface area contributed by atoms with Gasteiger partial charge in [-0.15, -0.1) is 0 Å². The predicted octanol–water partition coefficient (Wildman–Crippen LogP) is 4.92. The van der Waals surface area contributed by atoms with Crippen molar-refractivity contribution in [3.05, 3.63) is 34.2 Å². The van der Waals surface area contributed by atoms with Crippen molar-refractivity contribution in [3.8, 4) is 0 Å². The molecule has 4 nitrogen and oxygen atoms in total. The molecule has 162 valence electrons. The molecule has 30 heavy (non-hydrogen) atoms. The number of fused-ring (bicyclic) bond motifs is 5. The first-order valence-electron chi connectivity index (χ1n) is 11.8. The van der Waals surface area contributed by atoms with E-state index >= 15 is 0 Å². The maximum absolute atomic E-state index is 13.6. The molecule has 1 aromatic heterocycles. The van der Waals surface area contributed by atoms with Crippen LogP contribution in [0.4, 0.5) is 0 Å². The van der Waals surface area contributed by atoms with Crippen LogP contribution < -0.4 is 0 Å². The lowest BCUT2D eigenvalue weighted by Crippen LogP contribution is -2.50. The molecule has 0 radical (unpaired) electrons. The Labute approximate surface area is 180 Å². The van der Waals surface area contributed by atoms with E-state index in [-0.39, 0.29) is 16.9 Å². The third kappa shape index (κ3) is 2.68. The summed E-state index contributed by atoms with van der Waals surface area (Å²) in [6.07, 6.45) is 11.4. The molecule has 1 N–H and O–H groups in total. The third-order valence-corrected chi connectivity index (χ3v) is 9.60. The minimum Gasteiger partial charge on any atom is -0.393 e. The summed E-state index contributed by atoms with van der Waals surface area (Å²) >= 11 is 0. The number of Topliss-reactive ketones (excluding diaryl/α,β-unsaturated/α-hetero) is 1. The second-order valence-corrected chi connectivity index (χ2v) is 11.0. The van der Waals surface area contributed by atoms with E-state index in [2.05, 4.69) is 38.0 Å². The molecule has 4 aliphatic carbocycles. The van der Waals surface area contributed by atoms with E-state index in [0.29, 0.717) is 23.5 Å². The fourth-order valence-electron chi connectivity index (χ4n) is 7.61. The average molecular weight is 409 g/mol. The van der Waals surface area contributed by atoms with E-state index in [4.69, 9.17) is 0 Å². The molecule has 5 rings (SSSR count). The van der Waals surface area contributed by atoms with Crippen LogP contribution in [0, 0.1) is 42.4 Å². The summed E-state index contributed by atoms with van der Waals surface area (Å²) in [6, 6.07) is 0. The average Bonchev–Trinajstić information content (AvgIpc) is 3.10. The van der Waals surface area contributed by atoms with Crippen molar-refractivity contribution in [1.82, 2.24) is 9.78 Å². The minimum atomic E-state index is -0.215. The van der Waals surface area contributed by atoms with Crippen LogP contribution in [0.15, 0.2) is 17.2 Å². The monoisotopic (exact) mass is 408 g/mol. The molecular weight excluding hydrogens is 372 g/mol. The van der Waals surface area contributed by atoms with Gasteiger partial charge in [0.15, 0.2) is 5.78 Å². The van der Waals surface area contributed by atoms with E-state index in [0.717, 1.165) is 67.5 Å². The highest BCUT2D eigenvalue weighted by Gasteiger charge is 2.59. The number of aliphatic hydroxyl groups is 1. The molecule has 4 heteroatoms. The first-order chi connectivity index (χ1) is 14.1. The lowest BCUT2D eigenvalue weighted by atomic mass is 9.48. The van der Waals surface area contributed by atoms with Gasteiger partial charge in [-0.25, -0.2) is 0 Å². The Morgan fingerprint density at radius 1 is 1.13 bits per heavy atom. The molecule has 4 aliphatic rings. The summed E-state index contributed by atoms with van der Waals surface area (Å²) in [5.41, 5.74) is 5.77.